The van der Waals surface area contributed by atoms with E-state index in [1.807, 2.05) is 19.9 Å². The highest BCUT2D eigenvalue weighted by Gasteiger charge is 2.42. The van der Waals surface area contributed by atoms with E-state index in [4.69, 9.17) is 4.74 Å². The largest absolute Gasteiger partial charge is 0.487 e. The first-order chi connectivity index (χ1) is 15.3. The minimum absolute atomic E-state index is 0.0522. The first-order valence-electron chi connectivity index (χ1n) is 11.3. The van der Waals surface area contributed by atoms with Gasteiger partial charge in [0.25, 0.3) is 5.91 Å². The highest BCUT2D eigenvalue weighted by Crippen LogP contribution is 2.47. The van der Waals surface area contributed by atoms with Crippen molar-refractivity contribution in [1.82, 2.24) is 15.2 Å². The third-order valence-electron chi connectivity index (χ3n) is 6.66. The fraction of sp³-hybridized carbons (Fsp3) is 0.500. The number of rotatable bonds is 5. The molecule has 3 heterocycles. The van der Waals surface area contributed by atoms with Gasteiger partial charge in [-0.2, -0.15) is 0 Å². The number of sulfone groups is 1. The quantitative estimate of drug-likeness (QED) is 0.743. The number of nitrogens with one attached hydrogen (secondary N) is 1. The summed E-state index contributed by atoms with van der Waals surface area (Å²) in [5, 5.41) is 3.39. The van der Waals surface area contributed by atoms with Crippen LogP contribution in [0.3, 0.4) is 0 Å². The second kappa shape index (κ2) is 8.83. The lowest BCUT2D eigenvalue weighted by Gasteiger charge is -2.45. The fourth-order valence-corrected chi connectivity index (χ4v) is 5.43. The number of hydrogen-bond acceptors (Lipinski definition) is 6. The van der Waals surface area contributed by atoms with Crippen LogP contribution in [0.4, 0.5) is 0 Å². The number of nitrogens with zero attached hydrogens (tertiary/aromatic N) is 2. The van der Waals surface area contributed by atoms with Gasteiger partial charge in [-0.25, -0.2) is 8.42 Å². The summed E-state index contributed by atoms with van der Waals surface area (Å²) in [6, 6.07) is 8.87. The lowest BCUT2D eigenvalue weighted by atomic mass is 9.75. The molecule has 2 aliphatic heterocycles. The van der Waals surface area contributed by atoms with Gasteiger partial charge in [-0.3, -0.25) is 9.78 Å². The van der Waals surface area contributed by atoms with Crippen LogP contribution in [0.1, 0.15) is 60.6 Å². The molecule has 1 N–H and O–H groups in total. The predicted octanol–water partition coefficient (Wildman–Crippen LogP) is 3.00. The second-order valence-electron chi connectivity index (χ2n) is 8.72. The van der Waals surface area contributed by atoms with Gasteiger partial charge in [0.2, 0.25) is 0 Å². The molecule has 1 saturated heterocycles. The first-order valence-corrected chi connectivity index (χ1v) is 13.1. The van der Waals surface area contributed by atoms with Crippen molar-refractivity contribution < 1.29 is 17.9 Å². The lowest BCUT2D eigenvalue weighted by Crippen LogP contribution is -2.49. The number of carbonyl (C=O) groups excluding carboxylic acids is 1. The van der Waals surface area contributed by atoms with Crippen molar-refractivity contribution in [3.63, 3.8) is 0 Å². The van der Waals surface area contributed by atoms with Gasteiger partial charge in [0.1, 0.15) is 17.0 Å². The summed E-state index contributed by atoms with van der Waals surface area (Å²) in [5.41, 5.74) is 1.97. The van der Waals surface area contributed by atoms with Crippen LogP contribution in [0.25, 0.3) is 0 Å². The number of ether oxygens (including phenoxy) is 1. The Hall–Kier alpha value is -2.45. The Labute approximate surface area is 190 Å². The third-order valence-corrected chi connectivity index (χ3v) is 7.77. The molecule has 32 heavy (non-hydrogen) atoms. The lowest BCUT2D eigenvalue weighted by molar-refractivity contribution is 0.0112. The van der Waals surface area contributed by atoms with Crippen molar-refractivity contribution in [3.05, 3.63) is 53.3 Å². The van der Waals surface area contributed by atoms with Gasteiger partial charge in [0, 0.05) is 37.0 Å². The van der Waals surface area contributed by atoms with Crippen LogP contribution in [0.2, 0.25) is 0 Å². The molecule has 2 aliphatic rings. The number of hydrogen-bond donors (Lipinski definition) is 1. The van der Waals surface area contributed by atoms with Crippen molar-refractivity contribution >= 4 is 15.7 Å². The van der Waals surface area contributed by atoms with Crippen LogP contribution in [0.15, 0.2) is 41.4 Å². The molecule has 0 aliphatic carbocycles. The molecule has 1 amide bonds. The van der Waals surface area contributed by atoms with Gasteiger partial charge < -0.3 is 15.0 Å². The van der Waals surface area contributed by atoms with Crippen molar-refractivity contribution in [3.8, 4) is 5.75 Å². The number of piperidine rings is 1. The van der Waals surface area contributed by atoms with E-state index in [1.54, 1.807) is 35.4 Å². The van der Waals surface area contributed by atoms with Gasteiger partial charge in [0.05, 0.1) is 4.90 Å². The molecule has 1 atom stereocenters. The summed E-state index contributed by atoms with van der Waals surface area (Å²) in [4.78, 5) is 19.2. The van der Waals surface area contributed by atoms with Crippen LogP contribution in [-0.2, 0) is 9.84 Å². The van der Waals surface area contributed by atoms with E-state index in [1.165, 1.54) is 6.26 Å². The Balaban J connectivity index is 1.74. The molecule has 7 nitrogen and oxygen atoms in total. The van der Waals surface area contributed by atoms with Crippen molar-refractivity contribution in [1.29, 1.82) is 0 Å². The molecule has 4 rings (SSSR count). The number of fused-ring (bicyclic) bond motifs is 1. The highest BCUT2D eigenvalue weighted by molar-refractivity contribution is 7.90. The molecule has 0 bridgehead atoms. The van der Waals surface area contributed by atoms with E-state index in [9.17, 15) is 13.2 Å². The molecule has 172 valence electrons. The average Bonchev–Trinajstić information content (AvgIpc) is 2.79. The molecule has 8 heteroatoms. The standard InChI is InChI=1S/C24H31N3O4S/c1-4-27(5-2)23(28)21-8-6-17(16-26-21)20-15-24(10-12-25-13-11-24)31-22-9-7-18(14-19(20)22)32(3,29)30/h6-9,14,16,20,25H,4-5,10-13,15H2,1-3H3. The predicted molar refractivity (Wildman–Crippen MR) is 123 cm³/mol. The van der Waals surface area contributed by atoms with E-state index in [-0.39, 0.29) is 22.3 Å². The Morgan fingerprint density at radius 3 is 2.50 bits per heavy atom. The molecule has 1 aromatic carbocycles. The monoisotopic (exact) mass is 457 g/mol. The number of benzene rings is 1. The molecule has 1 aromatic heterocycles. The zero-order chi connectivity index (χ0) is 22.9. The topological polar surface area (TPSA) is 88.6 Å². The summed E-state index contributed by atoms with van der Waals surface area (Å²) in [7, 11) is -3.34. The molecule has 0 saturated carbocycles. The van der Waals surface area contributed by atoms with Gasteiger partial charge >= 0.3 is 0 Å². The van der Waals surface area contributed by atoms with Crippen molar-refractivity contribution in [2.75, 3.05) is 32.4 Å². The van der Waals surface area contributed by atoms with E-state index in [0.717, 1.165) is 49.2 Å². The van der Waals surface area contributed by atoms with Gasteiger partial charge in [-0.05, 0) is 76.0 Å². The Morgan fingerprint density at radius 2 is 1.91 bits per heavy atom. The van der Waals surface area contributed by atoms with Crippen molar-refractivity contribution in [2.24, 2.45) is 0 Å². The number of pyridine rings is 1. The van der Waals surface area contributed by atoms with E-state index < -0.39 is 9.84 Å². The normalized spacial score (nSPS) is 19.8. The fourth-order valence-electron chi connectivity index (χ4n) is 4.78. The van der Waals surface area contributed by atoms with E-state index in [0.29, 0.717) is 18.8 Å². The smallest absolute Gasteiger partial charge is 0.272 e. The zero-order valence-corrected chi connectivity index (χ0v) is 19.7. The highest BCUT2D eigenvalue weighted by atomic mass is 32.2. The molecule has 2 aromatic rings. The maximum absolute atomic E-state index is 12.7. The summed E-state index contributed by atoms with van der Waals surface area (Å²) < 4.78 is 30.9. The third kappa shape index (κ3) is 4.38. The molecule has 1 spiro atoms. The molecule has 0 radical (unpaired) electrons. The number of amides is 1. The van der Waals surface area contributed by atoms with Crippen LogP contribution in [0, 0.1) is 0 Å². The Kier molecular flexibility index (Phi) is 6.27. The second-order valence-corrected chi connectivity index (χ2v) is 10.7. The Morgan fingerprint density at radius 1 is 1.19 bits per heavy atom. The summed E-state index contributed by atoms with van der Waals surface area (Å²) >= 11 is 0. The molecular formula is C24H31N3O4S. The van der Waals surface area contributed by atoms with Gasteiger partial charge in [-0.1, -0.05) is 6.07 Å². The number of carbonyl (C=O) groups is 1. The van der Waals surface area contributed by atoms with Crippen LogP contribution in [0.5, 0.6) is 5.75 Å². The van der Waals surface area contributed by atoms with Crippen LogP contribution in [-0.4, -0.2) is 62.2 Å². The van der Waals surface area contributed by atoms with E-state index >= 15 is 0 Å². The zero-order valence-electron chi connectivity index (χ0n) is 18.9. The van der Waals surface area contributed by atoms with Gasteiger partial charge in [-0.15, -0.1) is 0 Å². The minimum Gasteiger partial charge on any atom is -0.487 e. The van der Waals surface area contributed by atoms with Crippen molar-refractivity contribution in [2.45, 2.75) is 49.5 Å². The SMILES string of the molecule is CCN(CC)C(=O)c1ccc(C2CC3(CCNCC3)Oc3ccc(S(C)(=O)=O)cc32)cn1. The maximum Gasteiger partial charge on any atom is 0.272 e. The summed E-state index contributed by atoms with van der Waals surface area (Å²) in [6.07, 6.45) is 5.51. The van der Waals surface area contributed by atoms with Crippen LogP contribution >= 0.6 is 0 Å². The minimum atomic E-state index is -3.34. The van der Waals surface area contributed by atoms with Gasteiger partial charge in [0.15, 0.2) is 9.84 Å². The molecular weight excluding hydrogens is 426 g/mol. The average molecular weight is 458 g/mol. The summed E-state index contributed by atoms with van der Waals surface area (Å²) in [6.45, 7) is 6.95. The molecule has 1 fully saturated rings. The van der Waals surface area contributed by atoms with E-state index in [2.05, 4.69) is 10.3 Å². The first kappa shape index (κ1) is 22.7. The molecule has 1 unspecified atom stereocenters. The number of aromatic nitrogens is 1. The Bertz CT molecular complexity index is 1090. The maximum atomic E-state index is 12.7. The summed E-state index contributed by atoms with van der Waals surface area (Å²) in [5.74, 6) is 0.602. The van der Waals surface area contributed by atoms with Crippen LogP contribution < -0.4 is 10.1 Å².